The van der Waals surface area contributed by atoms with Gasteiger partial charge in [-0.3, -0.25) is 4.99 Å². The van der Waals surface area contributed by atoms with Gasteiger partial charge in [0.15, 0.2) is 17.5 Å². The summed E-state index contributed by atoms with van der Waals surface area (Å²) >= 11 is 1.79. The minimum absolute atomic E-state index is 0.436. The second-order valence-corrected chi connectivity index (χ2v) is 7.19. The van der Waals surface area contributed by atoms with Crippen LogP contribution in [-0.2, 0) is 6.42 Å². The van der Waals surface area contributed by atoms with Gasteiger partial charge >= 0.3 is 0 Å². The quantitative estimate of drug-likeness (QED) is 0.479. The van der Waals surface area contributed by atoms with Gasteiger partial charge in [0.2, 0.25) is 0 Å². The Balaban J connectivity index is 1.88. The molecule has 3 N–H and O–H groups in total. The van der Waals surface area contributed by atoms with E-state index in [1.54, 1.807) is 26.0 Å². The van der Waals surface area contributed by atoms with Gasteiger partial charge in [-0.2, -0.15) is 11.8 Å². The van der Waals surface area contributed by atoms with Crippen LogP contribution in [0.5, 0.6) is 11.5 Å². The standard InChI is InChI=1S/C18H29N3O3S/c1-4-19-17(21-12-18(22)8-10-25-13-18)20-9-7-14-5-6-15(23-2)16(11-14)24-3/h5-6,11,22H,4,7-10,12-13H2,1-3H3,(H2,19,20,21). The number of ether oxygens (including phenoxy) is 2. The molecule has 0 spiro atoms. The molecule has 0 amide bonds. The molecule has 1 aromatic carbocycles. The molecule has 6 nitrogen and oxygen atoms in total. The van der Waals surface area contributed by atoms with Crippen molar-refractivity contribution in [2.45, 2.75) is 25.4 Å². The lowest BCUT2D eigenvalue weighted by Crippen LogP contribution is -2.40. The van der Waals surface area contributed by atoms with Crippen molar-refractivity contribution < 1.29 is 14.6 Å². The SMILES string of the molecule is CCNC(=NCC1(O)CCSC1)NCCc1ccc(OC)c(OC)c1. The normalized spacial score (nSPS) is 20.4. The summed E-state index contributed by atoms with van der Waals surface area (Å²) in [5.74, 6) is 3.99. The highest BCUT2D eigenvalue weighted by molar-refractivity contribution is 7.99. The van der Waals surface area contributed by atoms with Crippen LogP contribution >= 0.6 is 11.8 Å². The summed E-state index contributed by atoms with van der Waals surface area (Å²) in [6.07, 6.45) is 1.65. The lowest BCUT2D eigenvalue weighted by atomic mass is 10.1. The van der Waals surface area contributed by atoms with Crippen LogP contribution in [0.15, 0.2) is 23.2 Å². The molecule has 1 saturated heterocycles. The van der Waals surface area contributed by atoms with Crippen LogP contribution in [0, 0.1) is 0 Å². The Kier molecular flexibility index (Phi) is 7.71. The molecule has 7 heteroatoms. The highest BCUT2D eigenvalue weighted by atomic mass is 32.2. The van der Waals surface area contributed by atoms with Crippen LogP contribution in [0.4, 0.5) is 0 Å². The number of nitrogens with one attached hydrogen (secondary N) is 2. The molecule has 1 atom stereocenters. The number of hydrogen-bond acceptors (Lipinski definition) is 5. The Bertz CT molecular complexity index is 575. The second kappa shape index (κ2) is 9.77. The molecule has 0 radical (unpaired) electrons. The fourth-order valence-corrected chi connectivity index (χ4v) is 3.93. The maximum atomic E-state index is 10.4. The number of rotatable bonds is 8. The van der Waals surface area contributed by atoms with Gasteiger partial charge < -0.3 is 25.2 Å². The van der Waals surface area contributed by atoms with Crippen molar-refractivity contribution in [1.29, 1.82) is 0 Å². The van der Waals surface area contributed by atoms with E-state index in [1.165, 1.54) is 0 Å². The molecule has 1 aliphatic heterocycles. The number of methoxy groups -OCH3 is 2. The van der Waals surface area contributed by atoms with Gasteiger partial charge in [0.25, 0.3) is 0 Å². The molecule has 0 aromatic heterocycles. The number of nitrogens with zero attached hydrogens (tertiary/aromatic N) is 1. The first kappa shape index (κ1) is 19.7. The molecular weight excluding hydrogens is 338 g/mol. The zero-order valence-corrected chi connectivity index (χ0v) is 16.1. The summed E-state index contributed by atoms with van der Waals surface area (Å²) in [6, 6.07) is 5.94. The van der Waals surface area contributed by atoms with Crippen molar-refractivity contribution in [2.24, 2.45) is 4.99 Å². The Morgan fingerprint density at radius 1 is 1.28 bits per heavy atom. The predicted octanol–water partition coefficient (Wildman–Crippen LogP) is 1.67. The van der Waals surface area contributed by atoms with E-state index in [0.717, 1.165) is 60.5 Å². The first-order valence-corrected chi connectivity index (χ1v) is 9.79. The first-order valence-electron chi connectivity index (χ1n) is 8.63. The largest absolute Gasteiger partial charge is 0.493 e. The van der Waals surface area contributed by atoms with E-state index in [4.69, 9.17) is 9.47 Å². The highest BCUT2D eigenvalue weighted by Gasteiger charge is 2.31. The van der Waals surface area contributed by atoms with E-state index >= 15 is 0 Å². The number of hydrogen-bond donors (Lipinski definition) is 3. The van der Waals surface area contributed by atoms with Crippen molar-refractivity contribution in [3.05, 3.63) is 23.8 Å². The summed E-state index contributed by atoms with van der Waals surface area (Å²) in [5.41, 5.74) is 0.503. The van der Waals surface area contributed by atoms with Crippen molar-refractivity contribution in [3.8, 4) is 11.5 Å². The van der Waals surface area contributed by atoms with Crippen LogP contribution in [0.2, 0.25) is 0 Å². The maximum Gasteiger partial charge on any atom is 0.191 e. The van der Waals surface area contributed by atoms with Gasteiger partial charge in [0.1, 0.15) is 0 Å². The van der Waals surface area contributed by atoms with Crippen LogP contribution in [0.25, 0.3) is 0 Å². The van der Waals surface area contributed by atoms with E-state index in [9.17, 15) is 5.11 Å². The lowest BCUT2D eigenvalue weighted by Gasteiger charge is -2.19. The Morgan fingerprint density at radius 2 is 2.08 bits per heavy atom. The number of thioether (sulfide) groups is 1. The molecule has 1 fully saturated rings. The molecule has 0 saturated carbocycles. The zero-order valence-electron chi connectivity index (χ0n) is 15.3. The monoisotopic (exact) mass is 367 g/mol. The van der Waals surface area contributed by atoms with E-state index in [0.29, 0.717) is 6.54 Å². The van der Waals surface area contributed by atoms with Gasteiger partial charge in [-0.05, 0) is 43.2 Å². The summed E-state index contributed by atoms with van der Waals surface area (Å²) in [5, 5.41) is 17.0. The third-order valence-electron chi connectivity index (χ3n) is 4.11. The van der Waals surface area contributed by atoms with Crippen molar-refractivity contribution >= 4 is 17.7 Å². The molecule has 1 aliphatic rings. The first-order chi connectivity index (χ1) is 12.1. The topological polar surface area (TPSA) is 75.1 Å². The highest BCUT2D eigenvalue weighted by Crippen LogP contribution is 2.28. The maximum absolute atomic E-state index is 10.4. The molecule has 140 valence electrons. The van der Waals surface area contributed by atoms with Crippen LogP contribution < -0.4 is 20.1 Å². The average Bonchev–Trinajstić information content (AvgIpc) is 3.06. The van der Waals surface area contributed by atoms with E-state index in [2.05, 4.69) is 15.6 Å². The average molecular weight is 368 g/mol. The van der Waals surface area contributed by atoms with Gasteiger partial charge in [0.05, 0.1) is 26.4 Å². The summed E-state index contributed by atoms with van der Waals surface area (Å²) < 4.78 is 10.6. The second-order valence-electron chi connectivity index (χ2n) is 6.09. The minimum atomic E-state index is -0.656. The number of aliphatic hydroxyl groups is 1. The van der Waals surface area contributed by atoms with E-state index in [-0.39, 0.29) is 0 Å². The molecule has 2 rings (SSSR count). The molecule has 1 heterocycles. The zero-order chi connectivity index (χ0) is 18.1. The van der Waals surface area contributed by atoms with Crippen molar-refractivity contribution in [1.82, 2.24) is 10.6 Å². The number of benzene rings is 1. The van der Waals surface area contributed by atoms with Crippen LogP contribution in [0.1, 0.15) is 18.9 Å². The summed E-state index contributed by atoms with van der Waals surface area (Å²) in [4.78, 5) is 4.55. The molecule has 0 bridgehead atoms. The summed E-state index contributed by atoms with van der Waals surface area (Å²) in [6.45, 7) is 4.00. The molecule has 0 aliphatic carbocycles. The fourth-order valence-electron chi connectivity index (χ4n) is 2.65. The van der Waals surface area contributed by atoms with Gasteiger partial charge in [-0.25, -0.2) is 0 Å². The van der Waals surface area contributed by atoms with Crippen LogP contribution in [0.3, 0.4) is 0 Å². The Labute approximate surface area is 154 Å². The fraction of sp³-hybridized carbons (Fsp3) is 0.611. The molecular formula is C18H29N3O3S. The van der Waals surface area contributed by atoms with Crippen molar-refractivity contribution in [3.63, 3.8) is 0 Å². The minimum Gasteiger partial charge on any atom is -0.493 e. The third-order valence-corrected chi connectivity index (χ3v) is 5.35. The van der Waals surface area contributed by atoms with Crippen molar-refractivity contribution in [2.75, 3.05) is 45.4 Å². The molecule has 1 aromatic rings. The van der Waals surface area contributed by atoms with Crippen LogP contribution in [-0.4, -0.2) is 62.0 Å². The summed E-state index contributed by atoms with van der Waals surface area (Å²) in [7, 11) is 3.27. The van der Waals surface area contributed by atoms with Gasteiger partial charge in [-0.15, -0.1) is 0 Å². The van der Waals surface area contributed by atoms with Gasteiger partial charge in [0, 0.05) is 18.8 Å². The van der Waals surface area contributed by atoms with E-state index in [1.807, 2.05) is 25.1 Å². The predicted molar refractivity (Wildman–Crippen MR) is 104 cm³/mol. The van der Waals surface area contributed by atoms with E-state index < -0.39 is 5.60 Å². The molecule has 1 unspecified atom stereocenters. The Morgan fingerprint density at radius 3 is 2.72 bits per heavy atom. The number of aliphatic imine (C=N–C) groups is 1. The van der Waals surface area contributed by atoms with Gasteiger partial charge in [-0.1, -0.05) is 6.07 Å². The Hall–Kier alpha value is -1.60. The third kappa shape index (κ3) is 6.01. The number of guanidine groups is 1. The lowest BCUT2D eigenvalue weighted by molar-refractivity contribution is 0.0778. The molecule has 25 heavy (non-hydrogen) atoms. The smallest absolute Gasteiger partial charge is 0.191 e.